The van der Waals surface area contributed by atoms with E-state index in [1.807, 2.05) is 0 Å². The van der Waals surface area contributed by atoms with Crippen molar-refractivity contribution in [1.29, 1.82) is 0 Å². The largest absolute Gasteiger partial charge is 0.392 e. The molecule has 1 saturated heterocycles. The van der Waals surface area contributed by atoms with Crippen LogP contribution in [0.3, 0.4) is 0 Å². The summed E-state index contributed by atoms with van der Waals surface area (Å²) in [7, 11) is 1.69. The number of nitrogens with zero attached hydrogens (tertiary/aromatic N) is 1. The molecule has 0 aromatic carbocycles. The number of piperidine rings is 1. The van der Waals surface area contributed by atoms with E-state index in [1.54, 1.807) is 18.9 Å². The smallest absolute Gasteiger partial charge is 0.109 e. The molecular formula is C8H17NO4. The molecule has 5 heteroatoms. The van der Waals surface area contributed by atoms with Gasteiger partial charge in [-0.25, -0.2) is 0 Å². The third-order valence-corrected chi connectivity index (χ3v) is 2.57. The maximum absolute atomic E-state index is 9.54. The minimum atomic E-state index is -1.17. The molecule has 0 spiro atoms. The van der Waals surface area contributed by atoms with Crippen LogP contribution < -0.4 is 0 Å². The quantitative estimate of drug-likeness (QED) is 0.377. The van der Waals surface area contributed by atoms with Crippen molar-refractivity contribution in [1.82, 2.24) is 4.90 Å². The zero-order chi connectivity index (χ0) is 10.2. The van der Waals surface area contributed by atoms with E-state index in [0.717, 1.165) is 0 Å². The van der Waals surface area contributed by atoms with E-state index >= 15 is 0 Å². The number of likely N-dealkylation sites (tertiary alicyclic amines) is 1. The molecule has 13 heavy (non-hydrogen) atoms. The molecule has 1 rings (SSSR count). The van der Waals surface area contributed by atoms with Crippen molar-refractivity contribution in [2.24, 2.45) is 0 Å². The Hall–Kier alpha value is -0.200. The van der Waals surface area contributed by atoms with Gasteiger partial charge in [0.25, 0.3) is 0 Å². The number of β-amino-alcohol motifs (C(OH)–C–C–N with tert-alkyl or cyclic N) is 1. The first-order valence-corrected chi connectivity index (χ1v) is 4.37. The van der Waals surface area contributed by atoms with Crippen molar-refractivity contribution >= 4 is 0 Å². The molecule has 1 fully saturated rings. The van der Waals surface area contributed by atoms with Crippen molar-refractivity contribution in [3.05, 3.63) is 0 Å². The second kappa shape index (κ2) is 3.89. The number of hydrogen-bond acceptors (Lipinski definition) is 5. The van der Waals surface area contributed by atoms with Crippen molar-refractivity contribution in [2.45, 2.75) is 37.4 Å². The zero-order valence-corrected chi connectivity index (χ0v) is 7.83. The lowest BCUT2D eigenvalue weighted by molar-refractivity contribution is -0.150. The fourth-order valence-electron chi connectivity index (χ4n) is 1.87. The fraction of sp³-hybridized carbons (Fsp3) is 1.00. The van der Waals surface area contributed by atoms with Crippen LogP contribution in [-0.2, 0) is 0 Å². The number of rotatable bonds is 1. The lowest BCUT2D eigenvalue weighted by Crippen LogP contribution is -2.63. The van der Waals surface area contributed by atoms with Crippen molar-refractivity contribution in [3.63, 3.8) is 0 Å². The van der Waals surface area contributed by atoms with Gasteiger partial charge in [0, 0.05) is 6.54 Å². The maximum Gasteiger partial charge on any atom is 0.109 e. The van der Waals surface area contributed by atoms with Gasteiger partial charge in [-0.2, -0.15) is 0 Å². The number of hydrogen-bond donors (Lipinski definition) is 4. The summed E-state index contributed by atoms with van der Waals surface area (Å²) in [5, 5.41) is 37.5. The van der Waals surface area contributed by atoms with Gasteiger partial charge >= 0.3 is 0 Å². The van der Waals surface area contributed by atoms with Crippen LogP contribution in [0.5, 0.6) is 0 Å². The highest BCUT2D eigenvalue weighted by molar-refractivity contribution is 4.95. The van der Waals surface area contributed by atoms with Gasteiger partial charge in [-0.3, -0.25) is 4.90 Å². The van der Waals surface area contributed by atoms with Crippen molar-refractivity contribution < 1.29 is 20.4 Å². The first-order chi connectivity index (χ1) is 5.95. The van der Waals surface area contributed by atoms with E-state index in [1.165, 1.54) is 0 Å². The summed E-state index contributed by atoms with van der Waals surface area (Å²) in [6.07, 6.45) is -3.96. The van der Waals surface area contributed by atoms with Crippen LogP contribution in [0.15, 0.2) is 0 Å². The average molecular weight is 191 g/mol. The first kappa shape index (κ1) is 10.9. The molecule has 1 aliphatic heterocycles. The van der Waals surface area contributed by atoms with E-state index in [9.17, 15) is 20.4 Å². The lowest BCUT2D eigenvalue weighted by Gasteiger charge is -2.43. The number of aliphatic hydroxyl groups is 4. The normalized spacial score (nSPS) is 44.8. The van der Waals surface area contributed by atoms with Gasteiger partial charge < -0.3 is 20.4 Å². The minimum Gasteiger partial charge on any atom is -0.392 e. The Morgan fingerprint density at radius 3 is 2.23 bits per heavy atom. The summed E-state index contributed by atoms with van der Waals surface area (Å²) in [6, 6.07) is -0.515. The molecule has 5 nitrogen and oxygen atoms in total. The SMILES string of the molecule is C[C@H](O)[C@@H]1[C@@H](O)[C@H](O)[C@@H](O)CN1C. The highest BCUT2D eigenvalue weighted by Crippen LogP contribution is 2.19. The van der Waals surface area contributed by atoms with Gasteiger partial charge in [-0.15, -0.1) is 0 Å². The molecular weight excluding hydrogens is 174 g/mol. The third kappa shape index (κ3) is 2.00. The predicted octanol–water partition coefficient (Wildman–Crippen LogP) is -2.24. The summed E-state index contributed by atoms with van der Waals surface area (Å²) < 4.78 is 0. The standard InChI is InChI=1S/C8H17NO4/c1-4(10)6-8(13)7(12)5(11)3-9(6)2/h4-8,10-13H,3H2,1-2H3/t4-,5-,6+,7+,8+/m0/s1. The molecule has 1 aliphatic rings. The second-order valence-electron chi connectivity index (χ2n) is 3.72. The summed E-state index contributed by atoms with van der Waals surface area (Å²) in [5.41, 5.74) is 0. The van der Waals surface area contributed by atoms with Crippen LogP contribution in [-0.4, -0.2) is 69.4 Å². The molecule has 0 bridgehead atoms. The maximum atomic E-state index is 9.54. The first-order valence-electron chi connectivity index (χ1n) is 4.37. The Kier molecular flexibility index (Phi) is 3.26. The summed E-state index contributed by atoms with van der Waals surface area (Å²) in [4.78, 5) is 1.65. The number of aliphatic hydroxyl groups excluding tert-OH is 4. The van der Waals surface area contributed by atoms with E-state index < -0.39 is 30.5 Å². The lowest BCUT2D eigenvalue weighted by atomic mass is 9.91. The second-order valence-corrected chi connectivity index (χ2v) is 3.72. The molecule has 1 heterocycles. The van der Waals surface area contributed by atoms with E-state index in [-0.39, 0.29) is 6.54 Å². The minimum absolute atomic E-state index is 0.258. The van der Waals surface area contributed by atoms with Crippen LogP contribution in [0.25, 0.3) is 0 Å². The van der Waals surface area contributed by atoms with E-state index in [0.29, 0.717) is 0 Å². The summed E-state index contributed by atoms with van der Waals surface area (Å²) in [6.45, 7) is 1.81. The van der Waals surface area contributed by atoms with Crippen LogP contribution in [0, 0.1) is 0 Å². The molecule has 0 aromatic rings. The summed E-state index contributed by atoms with van der Waals surface area (Å²) >= 11 is 0. The molecule has 5 atom stereocenters. The Morgan fingerprint density at radius 2 is 1.77 bits per heavy atom. The van der Waals surface area contributed by atoms with Gasteiger partial charge in [0.2, 0.25) is 0 Å². The van der Waals surface area contributed by atoms with Gasteiger partial charge in [-0.1, -0.05) is 0 Å². The topological polar surface area (TPSA) is 84.2 Å². The van der Waals surface area contributed by atoms with E-state index in [2.05, 4.69) is 0 Å². The Morgan fingerprint density at radius 1 is 1.23 bits per heavy atom. The highest BCUT2D eigenvalue weighted by atomic mass is 16.4. The molecule has 0 unspecified atom stereocenters. The molecule has 0 amide bonds. The Labute approximate surface area is 77.2 Å². The molecule has 0 saturated carbocycles. The Bertz CT molecular complexity index is 176. The summed E-state index contributed by atoms with van der Waals surface area (Å²) in [5.74, 6) is 0. The van der Waals surface area contributed by atoms with Gasteiger partial charge in [-0.05, 0) is 14.0 Å². The number of likely N-dealkylation sites (N-methyl/N-ethyl adjacent to an activating group) is 1. The zero-order valence-electron chi connectivity index (χ0n) is 7.83. The van der Waals surface area contributed by atoms with Gasteiger partial charge in [0.15, 0.2) is 0 Å². The molecule has 4 N–H and O–H groups in total. The fourth-order valence-corrected chi connectivity index (χ4v) is 1.87. The van der Waals surface area contributed by atoms with Crippen LogP contribution in [0.2, 0.25) is 0 Å². The van der Waals surface area contributed by atoms with Crippen LogP contribution in [0.4, 0.5) is 0 Å². The molecule has 0 aliphatic carbocycles. The van der Waals surface area contributed by atoms with Gasteiger partial charge in [0.1, 0.15) is 12.2 Å². The highest BCUT2D eigenvalue weighted by Gasteiger charge is 2.41. The monoisotopic (exact) mass is 191 g/mol. The molecule has 0 radical (unpaired) electrons. The van der Waals surface area contributed by atoms with E-state index in [4.69, 9.17) is 0 Å². The van der Waals surface area contributed by atoms with Crippen LogP contribution >= 0.6 is 0 Å². The Balaban J connectivity index is 2.73. The third-order valence-electron chi connectivity index (χ3n) is 2.57. The molecule has 78 valence electrons. The average Bonchev–Trinajstić information content (AvgIpc) is 1.99. The van der Waals surface area contributed by atoms with Gasteiger partial charge in [0.05, 0.1) is 18.2 Å². The predicted molar refractivity (Wildman–Crippen MR) is 46.1 cm³/mol. The molecule has 0 aromatic heterocycles. The van der Waals surface area contributed by atoms with Crippen molar-refractivity contribution in [3.8, 4) is 0 Å². The van der Waals surface area contributed by atoms with Crippen LogP contribution in [0.1, 0.15) is 6.92 Å². The van der Waals surface area contributed by atoms with Crippen molar-refractivity contribution in [2.75, 3.05) is 13.6 Å².